The molecular weight excluding hydrogens is 448 g/mol. The zero-order valence-electron chi connectivity index (χ0n) is 15.9. The van der Waals surface area contributed by atoms with Crippen LogP contribution in [0.3, 0.4) is 0 Å². The van der Waals surface area contributed by atoms with Crippen molar-refractivity contribution in [3.63, 3.8) is 0 Å². The summed E-state index contributed by atoms with van der Waals surface area (Å²) >= 11 is 0. The molecule has 0 spiro atoms. The van der Waals surface area contributed by atoms with E-state index in [0.29, 0.717) is 31.1 Å². The van der Waals surface area contributed by atoms with Crippen molar-refractivity contribution >= 4 is 35.9 Å². The van der Waals surface area contributed by atoms with Crippen molar-refractivity contribution in [3.05, 3.63) is 35.1 Å². The number of esters is 1. The molecule has 5 nitrogen and oxygen atoms in total. The number of rotatable bonds is 10. The maximum atomic E-state index is 13.5. The molecule has 2 N–H and O–H groups in total. The van der Waals surface area contributed by atoms with E-state index in [4.69, 9.17) is 4.74 Å². The van der Waals surface area contributed by atoms with Gasteiger partial charge in [0.25, 0.3) is 0 Å². The number of unbranched alkanes of at least 4 members (excludes halogenated alkanes) is 3. The van der Waals surface area contributed by atoms with Gasteiger partial charge in [-0.1, -0.05) is 25.0 Å². The predicted molar refractivity (Wildman–Crippen MR) is 114 cm³/mol. The molecule has 0 radical (unpaired) electrons. The lowest BCUT2D eigenvalue weighted by molar-refractivity contribution is -0.143. The number of guanidine groups is 1. The molecule has 0 amide bonds. The fourth-order valence-corrected chi connectivity index (χ4v) is 2.34. The van der Waals surface area contributed by atoms with E-state index >= 15 is 0 Å². The number of hydrogen-bond acceptors (Lipinski definition) is 3. The minimum atomic E-state index is -0.190. The highest BCUT2D eigenvalue weighted by Gasteiger charge is 2.02. The molecule has 148 valence electrons. The number of benzene rings is 1. The predicted octanol–water partition coefficient (Wildman–Crippen LogP) is 3.93. The van der Waals surface area contributed by atoms with Gasteiger partial charge in [0.05, 0.1) is 6.61 Å². The van der Waals surface area contributed by atoms with Gasteiger partial charge in [-0.05, 0) is 43.9 Å². The van der Waals surface area contributed by atoms with Gasteiger partial charge in [-0.2, -0.15) is 0 Å². The summed E-state index contributed by atoms with van der Waals surface area (Å²) in [6, 6.07) is 5.22. The highest BCUT2D eigenvalue weighted by molar-refractivity contribution is 14.0. The Labute approximate surface area is 173 Å². The Morgan fingerprint density at radius 3 is 2.58 bits per heavy atom. The lowest BCUT2D eigenvalue weighted by Gasteiger charge is -2.12. The number of carbonyl (C=O) groups is 1. The van der Waals surface area contributed by atoms with Gasteiger partial charge < -0.3 is 15.4 Å². The molecule has 7 heteroatoms. The van der Waals surface area contributed by atoms with Crippen molar-refractivity contribution in [1.82, 2.24) is 10.6 Å². The van der Waals surface area contributed by atoms with Crippen LogP contribution in [0, 0.1) is 12.7 Å². The summed E-state index contributed by atoms with van der Waals surface area (Å²) < 4.78 is 18.4. The van der Waals surface area contributed by atoms with Gasteiger partial charge >= 0.3 is 5.97 Å². The van der Waals surface area contributed by atoms with Gasteiger partial charge in [-0.15, -0.1) is 24.0 Å². The van der Waals surface area contributed by atoms with Crippen LogP contribution in [0.4, 0.5) is 4.39 Å². The Balaban J connectivity index is 0.00000625. The first-order valence-corrected chi connectivity index (χ1v) is 8.92. The van der Waals surface area contributed by atoms with Crippen molar-refractivity contribution in [2.75, 3.05) is 20.2 Å². The molecule has 26 heavy (non-hydrogen) atoms. The van der Waals surface area contributed by atoms with E-state index in [9.17, 15) is 9.18 Å². The average Bonchev–Trinajstić information content (AvgIpc) is 2.60. The van der Waals surface area contributed by atoms with E-state index in [1.807, 2.05) is 13.0 Å². The van der Waals surface area contributed by atoms with Crippen LogP contribution in [0.15, 0.2) is 23.2 Å². The molecule has 0 saturated carbocycles. The average molecular weight is 479 g/mol. The van der Waals surface area contributed by atoms with Crippen molar-refractivity contribution in [1.29, 1.82) is 0 Å². The molecule has 1 rings (SSSR count). The minimum absolute atomic E-state index is 0. The Morgan fingerprint density at radius 1 is 1.19 bits per heavy atom. The van der Waals surface area contributed by atoms with Crippen molar-refractivity contribution < 1.29 is 13.9 Å². The Hall–Kier alpha value is -1.38. The maximum absolute atomic E-state index is 13.5. The quantitative estimate of drug-likeness (QED) is 0.176. The second-order valence-electron chi connectivity index (χ2n) is 5.91. The summed E-state index contributed by atoms with van der Waals surface area (Å²) in [7, 11) is 1.71. The van der Waals surface area contributed by atoms with Crippen molar-refractivity contribution in [2.45, 2.75) is 52.5 Å². The summed E-state index contributed by atoms with van der Waals surface area (Å²) in [5.41, 5.74) is 1.53. The van der Waals surface area contributed by atoms with Gasteiger partial charge in [0, 0.05) is 26.6 Å². The highest BCUT2D eigenvalue weighted by atomic mass is 127. The van der Waals surface area contributed by atoms with E-state index in [-0.39, 0.29) is 35.8 Å². The monoisotopic (exact) mass is 479 g/mol. The molecular formula is C19H31FIN3O2. The van der Waals surface area contributed by atoms with Gasteiger partial charge in [0.1, 0.15) is 5.82 Å². The molecule has 0 aromatic heterocycles. The third-order valence-electron chi connectivity index (χ3n) is 3.83. The van der Waals surface area contributed by atoms with E-state index < -0.39 is 0 Å². The molecule has 0 heterocycles. The van der Waals surface area contributed by atoms with E-state index in [2.05, 4.69) is 15.6 Å². The summed E-state index contributed by atoms with van der Waals surface area (Å²) in [5, 5.41) is 6.41. The van der Waals surface area contributed by atoms with Gasteiger partial charge in [0.15, 0.2) is 5.96 Å². The fraction of sp³-hybridized carbons (Fsp3) is 0.579. The molecule has 0 bridgehead atoms. The van der Waals surface area contributed by atoms with Gasteiger partial charge in [-0.25, -0.2) is 4.39 Å². The first kappa shape index (κ1) is 24.6. The van der Waals surface area contributed by atoms with Crippen molar-refractivity contribution in [3.8, 4) is 0 Å². The second kappa shape index (κ2) is 14.8. The third kappa shape index (κ3) is 10.6. The first-order chi connectivity index (χ1) is 12.1. The summed E-state index contributed by atoms with van der Waals surface area (Å²) in [5.74, 6) is 0.398. The third-order valence-corrected chi connectivity index (χ3v) is 3.83. The Morgan fingerprint density at radius 2 is 1.92 bits per heavy atom. The molecule has 0 unspecified atom stereocenters. The smallest absolute Gasteiger partial charge is 0.305 e. The topological polar surface area (TPSA) is 62.7 Å². The maximum Gasteiger partial charge on any atom is 0.305 e. The number of hydrogen-bond donors (Lipinski definition) is 2. The molecule has 0 aliphatic carbocycles. The summed E-state index contributed by atoms with van der Waals surface area (Å²) in [6.45, 7) is 5.35. The van der Waals surface area contributed by atoms with Crippen LogP contribution in [0.1, 0.15) is 50.2 Å². The highest BCUT2D eigenvalue weighted by Crippen LogP contribution is 2.08. The zero-order valence-corrected chi connectivity index (χ0v) is 18.3. The van der Waals surface area contributed by atoms with E-state index in [1.165, 1.54) is 0 Å². The van der Waals surface area contributed by atoms with Crippen LogP contribution >= 0.6 is 24.0 Å². The number of ether oxygens (including phenoxy) is 1. The largest absolute Gasteiger partial charge is 0.466 e. The number of aliphatic imine (C=N–C) groups is 1. The number of halogens is 2. The molecule has 0 aliphatic rings. The Bertz CT molecular complexity index is 568. The Kier molecular flexibility index (Phi) is 14.0. The van der Waals surface area contributed by atoms with Gasteiger partial charge in [0.2, 0.25) is 0 Å². The number of carbonyl (C=O) groups excluding carboxylic acids is 1. The van der Waals surface area contributed by atoms with Crippen molar-refractivity contribution in [2.24, 2.45) is 4.99 Å². The first-order valence-electron chi connectivity index (χ1n) is 8.92. The van der Waals surface area contributed by atoms with Gasteiger partial charge in [-0.3, -0.25) is 9.79 Å². The molecule has 1 aromatic rings. The normalized spacial score (nSPS) is 10.8. The van der Waals surface area contributed by atoms with E-state index in [0.717, 1.165) is 37.8 Å². The zero-order chi connectivity index (χ0) is 18.5. The molecule has 0 saturated heterocycles. The second-order valence-corrected chi connectivity index (χ2v) is 5.91. The number of aryl methyl sites for hydroxylation is 1. The molecule has 0 fully saturated rings. The fourth-order valence-electron chi connectivity index (χ4n) is 2.34. The van der Waals surface area contributed by atoms with E-state index in [1.54, 1.807) is 26.1 Å². The van der Waals surface area contributed by atoms with Crippen LogP contribution in [-0.4, -0.2) is 32.1 Å². The van der Waals surface area contributed by atoms with Crippen LogP contribution in [0.25, 0.3) is 0 Å². The SMILES string of the molecule is CCOC(=O)CCCCCCNC(=NC)NCc1ccc(C)c(F)c1.I. The summed E-state index contributed by atoms with van der Waals surface area (Å²) in [6.07, 6.45) is 4.42. The van der Waals surface area contributed by atoms with Crippen LogP contribution < -0.4 is 10.6 Å². The van der Waals surface area contributed by atoms with Crippen LogP contribution in [0.5, 0.6) is 0 Å². The lowest BCUT2D eigenvalue weighted by Crippen LogP contribution is -2.37. The molecule has 0 atom stereocenters. The number of nitrogens with zero attached hydrogens (tertiary/aromatic N) is 1. The standard InChI is InChI=1S/C19H30FN3O2.HI/c1-4-25-18(24)9-7-5-6-8-12-22-19(21-3)23-14-16-11-10-15(2)17(20)13-16;/h10-11,13H,4-9,12,14H2,1-3H3,(H2,21,22,23);1H. The lowest BCUT2D eigenvalue weighted by atomic mass is 10.1. The molecule has 1 aromatic carbocycles. The number of nitrogens with one attached hydrogen (secondary N) is 2. The molecule has 0 aliphatic heterocycles. The van der Waals surface area contributed by atoms with Crippen LogP contribution in [0.2, 0.25) is 0 Å². The minimum Gasteiger partial charge on any atom is -0.466 e. The summed E-state index contributed by atoms with van der Waals surface area (Å²) in [4.78, 5) is 15.4. The van der Waals surface area contributed by atoms with Crippen LogP contribution in [-0.2, 0) is 16.1 Å².